The van der Waals surface area contributed by atoms with Gasteiger partial charge in [-0.25, -0.2) is 4.39 Å². The molecule has 6 heteroatoms. The van der Waals surface area contributed by atoms with Crippen LogP contribution in [0.4, 0.5) is 10.2 Å². The second kappa shape index (κ2) is 4.79. The number of H-pyrrole nitrogens is 1. The molecular formula is C13H9BrFN3S. The number of nitrogen functional groups attached to an aromatic ring is 1. The number of benzene rings is 1. The van der Waals surface area contributed by atoms with Gasteiger partial charge in [0.25, 0.3) is 0 Å². The van der Waals surface area contributed by atoms with Crippen LogP contribution in [0.5, 0.6) is 0 Å². The Labute approximate surface area is 121 Å². The fraction of sp³-hybridized carbons (Fsp3) is 0. The summed E-state index contributed by atoms with van der Waals surface area (Å²) in [6.07, 6.45) is 0. The number of halogens is 2. The van der Waals surface area contributed by atoms with Crippen LogP contribution in [-0.2, 0) is 0 Å². The monoisotopic (exact) mass is 337 g/mol. The van der Waals surface area contributed by atoms with Gasteiger partial charge in [-0.15, -0.1) is 11.3 Å². The smallest absolute Gasteiger partial charge is 0.154 e. The van der Waals surface area contributed by atoms with E-state index in [0.717, 1.165) is 14.9 Å². The summed E-state index contributed by atoms with van der Waals surface area (Å²) < 4.78 is 14.8. The van der Waals surface area contributed by atoms with Crippen molar-refractivity contribution in [3.63, 3.8) is 0 Å². The van der Waals surface area contributed by atoms with Crippen LogP contribution in [-0.4, -0.2) is 10.2 Å². The SMILES string of the molecule is Nc1n[nH]c(-c2cc(Br)ccc2F)c1-c1cccs1. The molecule has 19 heavy (non-hydrogen) atoms. The van der Waals surface area contributed by atoms with Gasteiger partial charge < -0.3 is 5.73 Å². The van der Waals surface area contributed by atoms with Gasteiger partial charge in [-0.2, -0.15) is 5.10 Å². The number of hydrogen-bond acceptors (Lipinski definition) is 3. The molecule has 0 fully saturated rings. The Balaban J connectivity index is 2.24. The molecule has 1 aromatic carbocycles. The number of aromatic nitrogens is 2. The van der Waals surface area contributed by atoms with Crippen molar-refractivity contribution in [3.05, 3.63) is 46.0 Å². The average molecular weight is 338 g/mol. The number of aromatic amines is 1. The van der Waals surface area contributed by atoms with Crippen LogP contribution < -0.4 is 5.73 Å². The molecule has 0 unspecified atom stereocenters. The summed E-state index contributed by atoms with van der Waals surface area (Å²) in [5.41, 5.74) is 7.67. The summed E-state index contributed by atoms with van der Waals surface area (Å²) in [4.78, 5) is 0.959. The number of nitrogens with zero attached hydrogens (tertiary/aromatic N) is 1. The number of hydrogen-bond donors (Lipinski definition) is 2. The van der Waals surface area contributed by atoms with Gasteiger partial charge in [0.15, 0.2) is 5.82 Å². The highest BCUT2D eigenvalue weighted by Crippen LogP contribution is 2.38. The van der Waals surface area contributed by atoms with Crippen LogP contribution in [0.15, 0.2) is 40.2 Å². The second-order valence-electron chi connectivity index (χ2n) is 3.96. The largest absolute Gasteiger partial charge is 0.382 e. The van der Waals surface area contributed by atoms with Gasteiger partial charge in [0.2, 0.25) is 0 Å². The normalized spacial score (nSPS) is 10.8. The Morgan fingerprint density at radius 1 is 1.32 bits per heavy atom. The molecule has 0 saturated heterocycles. The first-order valence-corrected chi connectivity index (χ1v) is 7.17. The highest BCUT2D eigenvalue weighted by atomic mass is 79.9. The molecule has 0 amide bonds. The summed E-state index contributed by atoms with van der Waals surface area (Å²) in [7, 11) is 0. The minimum absolute atomic E-state index is 0.315. The van der Waals surface area contributed by atoms with E-state index >= 15 is 0 Å². The van der Waals surface area contributed by atoms with Crippen molar-refractivity contribution < 1.29 is 4.39 Å². The molecule has 0 aliphatic heterocycles. The van der Waals surface area contributed by atoms with Crippen LogP contribution in [0.1, 0.15) is 0 Å². The van der Waals surface area contributed by atoms with E-state index in [1.165, 1.54) is 17.4 Å². The Morgan fingerprint density at radius 2 is 2.16 bits per heavy atom. The molecule has 0 aliphatic carbocycles. The van der Waals surface area contributed by atoms with Crippen LogP contribution >= 0.6 is 27.3 Å². The summed E-state index contributed by atoms with van der Waals surface area (Å²) in [6.45, 7) is 0. The molecule has 3 N–H and O–H groups in total. The van der Waals surface area contributed by atoms with E-state index in [9.17, 15) is 4.39 Å². The van der Waals surface area contributed by atoms with Crippen LogP contribution in [0.2, 0.25) is 0 Å². The van der Waals surface area contributed by atoms with Gasteiger partial charge in [0.1, 0.15) is 5.82 Å². The van der Waals surface area contributed by atoms with Crippen LogP contribution in [0.3, 0.4) is 0 Å². The fourth-order valence-electron chi connectivity index (χ4n) is 1.91. The maximum atomic E-state index is 14.0. The lowest BCUT2D eigenvalue weighted by molar-refractivity contribution is 0.630. The molecule has 96 valence electrons. The van der Waals surface area contributed by atoms with Crippen LogP contribution in [0.25, 0.3) is 21.7 Å². The van der Waals surface area contributed by atoms with E-state index in [1.807, 2.05) is 17.5 Å². The summed E-state index contributed by atoms with van der Waals surface area (Å²) >= 11 is 4.88. The van der Waals surface area contributed by atoms with Crippen molar-refractivity contribution in [1.82, 2.24) is 10.2 Å². The first-order chi connectivity index (χ1) is 9.16. The predicted molar refractivity (Wildman–Crippen MR) is 79.4 cm³/mol. The topological polar surface area (TPSA) is 54.7 Å². The minimum Gasteiger partial charge on any atom is -0.382 e. The lowest BCUT2D eigenvalue weighted by Gasteiger charge is -2.04. The first kappa shape index (κ1) is 12.4. The standard InChI is InChI=1S/C13H9BrFN3S/c14-7-3-4-9(15)8(6-7)12-11(13(16)18-17-12)10-2-1-5-19-10/h1-6H,(H3,16,17,18). The third kappa shape index (κ3) is 2.17. The van der Waals surface area contributed by atoms with Crippen molar-refractivity contribution in [2.75, 3.05) is 5.73 Å². The van der Waals surface area contributed by atoms with Gasteiger partial charge in [-0.05, 0) is 29.6 Å². The number of nitrogens with one attached hydrogen (secondary N) is 1. The zero-order chi connectivity index (χ0) is 13.4. The third-order valence-electron chi connectivity index (χ3n) is 2.76. The molecule has 3 aromatic rings. The molecule has 2 heterocycles. The molecular weight excluding hydrogens is 329 g/mol. The van der Waals surface area contributed by atoms with Gasteiger partial charge in [0.05, 0.1) is 11.3 Å². The number of anilines is 1. The molecule has 0 atom stereocenters. The summed E-state index contributed by atoms with van der Waals surface area (Å²) in [6, 6.07) is 8.64. The lowest BCUT2D eigenvalue weighted by Crippen LogP contribution is -1.89. The number of nitrogens with two attached hydrogens (primary N) is 1. The molecule has 3 rings (SSSR count). The van der Waals surface area contributed by atoms with Crippen LogP contribution in [0, 0.1) is 5.82 Å². The molecule has 0 aliphatic rings. The van der Waals surface area contributed by atoms with Crippen molar-refractivity contribution >= 4 is 33.1 Å². The molecule has 3 nitrogen and oxygen atoms in total. The van der Waals surface area contributed by atoms with Gasteiger partial charge in [0, 0.05) is 14.9 Å². The summed E-state index contributed by atoms with van der Waals surface area (Å²) in [5.74, 6) is 0.0569. The van der Waals surface area contributed by atoms with Crippen molar-refractivity contribution in [2.45, 2.75) is 0 Å². The van der Waals surface area contributed by atoms with Crippen molar-refractivity contribution in [3.8, 4) is 21.7 Å². The Morgan fingerprint density at radius 3 is 2.89 bits per heavy atom. The molecule has 0 spiro atoms. The van der Waals surface area contributed by atoms with Gasteiger partial charge >= 0.3 is 0 Å². The van der Waals surface area contributed by atoms with E-state index in [2.05, 4.69) is 26.1 Å². The zero-order valence-corrected chi connectivity index (χ0v) is 12.1. The van der Waals surface area contributed by atoms with E-state index < -0.39 is 0 Å². The van der Waals surface area contributed by atoms with Gasteiger partial charge in [-0.1, -0.05) is 22.0 Å². The van der Waals surface area contributed by atoms with E-state index in [4.69, 9.17) is 5.73 Å². The van der Waals surface area contributed by atoms with E-state index in [0.29, 0.717) is 17.1 Å². The maximum Gasteiger partial charge on any atom is 0.154 e. The Kier molecular flexibility index (Phi) is 3.12. The molecule has 2 aromatic heterocycles. The molecule has 0 radical (unpaired) electrons. The molecule has 0 bridgehead atoms. The first-order valence-electron chi connectivity index (χ1n) is 5.50. The Bertz CT molecular complexity index is 722. The highest BCUT2D eigenvalue weighted by molar-refractivity contribution is 9.10. The van der Waals surface area contributed by atoms with E-state index in [-0.39, 0.29) is 5.82 Å². The zero-order valence-electron chi connectivity index (χ0n) is 9.65. The third-order valence-corrected chi connectivity index (χ3v) is 4.14. The second-order valence-corrected chi connectivity index (χ2v) is 5.82. The quantitative estimate of drug-likeness (QED) is 0.732. The molecule has 0 saturated carbocycles. The predicted octanol–water partition coefficient (Wildman–Crippen LogP) is 4.29. The summed E-state index contributed by atoms with van der Waals surface area (Å²) in [5, 5.41) is 8.76. The number of thiophene rings is 1. The van der Waals surface area contributed by atoms with Crippen molar-refractivity contribution in [2.24, 2.45) is 0 Å². The maximum absolute atomic E-state index is 14.0. The fourth-order valence-corrected chi connectivity index (χ4v) is 3.06. The Hall–Kier alpha value is -1.66. The lowest BCUT2D eigenvalue weighted by atomic mass is 10.1. The minimum atomic E-state index is -0.315. The van der Waals surface area contributed by atoms with Gasteiger partial charge in [-0.3, -0.25) is 5.10 Å². The average Bonchev–Trinajstić information content (AvgIpc) is 3.01. The number of rotatable bonds is 2. The highest BCUT2D eigenvalue weighted by Gasteiger charge is 2.18. The van der Waals surface area contributed by atoms with Crippen molar-refractivity contribution in [1.29, 1.82) is 0 Å². The van der Waals surface area contributed by atoms with E-state index in [1.54, 1.807) is 12.1 Å².